The fraction of sp³-hybridized carbons (Fsp3) is 0.500. The third-order valence-electron chi connectivity index (χ3n) is 2.30. The maximum absolute atomic E-state index is 6.01. The molecule has 2 rings (SSSR count). The lowest BCUT2D eigenvalue weighted by Gasteiger charge is -2.23. The first-order valence-corrected chi connectivity index (χ1v) is 6.11. The number of nitrogens with zero attached hydrogens (tertiary/aromatic N) is 1. The van der Waals surface area contributed by atoms with Crippen LogP contribution in [0.3, 0.4) is 0 Å². The lowest BCUT2D eigenvalue weighted by atomic mass is 10.1. The zero-order valence-corrected chi connectivity index (χ0v) is 10.5. The molecule has 0 amide bonds. The number of pyridine rings is 1. The summed E-state index contributed by atoms with van der Waals surface area (Å²) in [5, 5.41) is 3.83. The first-order valence-electron chi connectivity index (χ1n) is 4.94. The van der Waals surface area contributed by atoms with Gasteiger partial charge in [0.25, 0.3) is 0 Å². The minimum atomic E-state index is 0.185. The van der Waals surface area contributed by atoms with Gasteiger partial charge in [-0.15, -0.1) is 0 Å². The Labute approximate surface area is 102 Å². The molecule has 0 aromatic carbocycles. The van der Waals surface area contributed by atoms with E-state index in [0.29, 0.717) is 10.9 Å². The molecule has 1 saturated heterocycles. The summed E-state index contributed by atoms with van der Waals surface area (Å²) in [6.07, 6.45) is 4.07. The summed E-state index contributed by atoms with van der Waals surface area (Å²) in [6, 6.07) is 1.79. The number of aromatic nitrogens is 1. The van der Waals surface area contributed by atoms with Crippen LogP contribution < -0.4 is 10.1 Å². The van der Waals surface area contributed by atoms with Crippen LogP contribution in [0.15, 0.2) is 16.7 Å². The maximum atomic E-state index is 6.01. The Hall–Kier alpha value is -0.320. The molecule has 1 atom stereocenters. The van der Waals surface area contributed by atoms with Gasteiger partial charge in [0.05, 0.1) is 0 Å². The molecule has 2 heterocycles. The number of ether oxygens (including phenoxy) is 1. The number of nitrogens with one attached hydrogen (secondary N) is 1. The Morgan fingerprint density at radius 1 is 1.60 bits per heavy atom. The lowest BCUT2D eigenvalue weighted by molar-refractivity contribution is 0.160. The van der Waals surface area contributed by atoms with Crippen LogP contribution >= 0.6 is 27.5 Å². The van der Waals surface area contributed by atoms with E-state index in [1.54, 1.807) is 12.3 Å². The molecule has 82 valence electrons. The van der Waals surface area contributed by atoms with E-state index in [4.69, 9.17) is 16.3 Å². The van der Waals surface area contributed by atoms with Crippen molar-refractivity contribution in [1.82, 2.24) is 10.3 Å². The molecule has 0 saturated carbocycles. The topological polar surface area (TPSA) is 34.1 Å². The summed E-state index contributed by atoms with van der Waals surface area (Å²) in [4.78, 5) is 4.14. The van der Waals surface area contributed by atoms with Crippen LogP contribution in [0.1, 0.15) is 12.8 Å². The van der Waals surface area contributed by atoms with Crippen molar-refractivity contribution in [2.45, 2.75) is 18.9 Å². The SMILES string of the molecule is Clc1cc(Br)cnc1OC1CCCNC1. The van der Waals surface area contributed by atoms with E-state index in [1.807, 2.05) is 0 Å². The van der Waals surface area contributed by atoms with Gasteiger partial charge in [0, 0.05) is 17.2 Å². The quantitative estimate of drug-likeness (QED) is 0.909. The van der Waals surface area contributed by atoms with Gasteiger partial charge >= 0.3 is 0 Å². The molecule has 1 aromatic heterocycles. The Morgan fingerprint density at radius 2 is 2.47 bits per heavy atom. The van der Waals surface area contributed by atoms with Gasteiger partial charge in [0.2, 0.25) is 5.88 Å². The minimum absolute atomic E-state index is 0.185. The van der Waals surface area contributed by atoms with E-state index in [9.17, 15) is 0 Å². The first-order chi connectivity index (χ1) is 7.25. The van der Waals surface area contributed by atoms with E-state index in [1.165, 1.54) is 0 Å². The second-order valence-electron chi connectivity index (χ2n) is 3.53. The normalized spacial score (nSPS) is 21.3. The molecule has 0 aliphatic carbocycles. The number of piperidine rings is 1. The molecule has 15 heavy (non-hydrogen) atoms. The molecule has 5 heteroatoms. The molecule has 1 fully saturated rings. The number of hydrogen-bond donors (Lipinski definition) is 1. The average Bonchev–Trinajstić information content (AvgIpc) is 2.24. The van der Waals surface area contributed by atoms with Crippen LogP contribution in [0.25, 0.3) is 0 Å². The largest absolute Gasteiger partial charge is 0.472 e. The van der Waals surface area contributed by atoms with Crippen LogP contribution in [0.2, 0.25) is 5.02 Å². The zero-order chi connectivity index (χ0) is 10.7. The summed E-state index contributed by atoms with van der Waals surface area (Å²) < 4.78 is 6.58. The molecular weight excluding hydrogens is 279 g/mol. The number of rotatable bonds is 2. The second-order valence-corrected chi connectivity index (χ2v) is 4.85. The predicted octanol–water partition coefficient (Wildman–Crippen LogP) is 2.63. The van der Waals surface area contributed by atoms with Gasteiger partial charge in [-0.3, -0.25) is 0 Å². The predicted molar refractivity (Wildman–Crippen MR) is 63.5 cm³/mol. The van der Waals surface area contributed by atoms with E-state index in [0.717, 1.165) is 30.4 Å². The van der Waals surface area contributed by atoms with Crippen molar-refractivity contribution in [2.24, 2.45) is 0 Å². The van der Waals surface area contributed by atoms with Gasteiger partial charge in [0.15, 0.2) is 0 Å². The van der Waals surface area contributed by atoms with Gasteiger partial charge < -0.3 is 10.1 Å². The van der Waals surface area contributed by atoms with Crippen molar-refractivity contribution in [3.63, 3.8) is 0 Å². The Balaban J connectivity index is 2.03. The summed E-state index contributed by atoms with van der Waals surface area (Å²) in [6.45, 7) is 1.94. The van der Waals surface area contributed by atoms with Gasteiger partial charge in [-0.1, -0.05) is 11.6 Å². The van der Waals surface area contributed by atoms with Gasteiger partial charge in [-0.2, -0.15) is 0 Å². The summed E-state index contributed by atoms with van der Waals surface area (Å²) in [5.41, 5.74) is 0. The van der Waals surface area contributed by atoms with Crippen LogP contribution in [-0.4, -0.2) is 24.2 Å². The first kappa shape index (κ1) is 11.2. The van der Waals surface area contributed by atoms with Crippen molar-refractivity contribution in [3.8, 4) is 5.88 Å². The van der Waals surface area contributed by atoms with Crippen LogP contribution in [-0.2, 0) is 0 Å². The molecule has 0 bridgehead atoms. The van der Waals surface area contributed by atoms with Crippen molar-refractivity contribution in [1.29, 1.82) is 0 Å². The molecule has 0 spiro atoms. The highest BCUT2D eigenvalue weighted by Gasteiger charge is 2.16. The van der Waals surface area contributed by atoms with E-state index in [2.05, 4.69) is 26.2 Å². The molecule has 1 N–H and O–H groups in total. The van der Waals surface area contributed by atoms with Crippen molar-refractivity contribution >= 4 is 27.5 Å². The average molecular weight is 292 g/mol. The molecule has 0 radical (unpaired) electrons. The van der Waals surface area contributed by atoms with E-state index >= 15 is 0 Å². The third kappa shape index (κ3) is 3.06. The highest BCUT2D eigenvalue weighted by atomic mass is 79.9. The zero-order valence-electron chi connectivity index (χ0n) is 8.17. The van der Waals surface area contributed by atoms with Crippen molar-refractivity contribution in [3.05, 3.63) is 21.8 Å². The van der Waals surface area contributed by atoms with Crippen molar-refractivity contribution < 1.29 is 4.74 Å². The monoisotopic (exact) mass is 290 g/mol. The number of halogens is 2. The van der Waals surface area contributed by atoms with Crippen LogP contribution in [0.5, 0.6) is 5.88 Å². The Bertz CT molecular complexity index is 342. The Kier molecular flexibility index (Phi) is 3.83. The third-order valence-corrected chi connectivity index (χ3v) is 3.01. The molecule has 1 aromatic rings. The standard InChI is InChI=1S/C10H12BrClN2O/c11-7-4-9(12)10(14-5-7)15-8-2-1-3-13-6-8/h4-5,8,13H,1-3,6H2. The fourth-order valence-corrected chi connectivity index (χ4v) is 2.24. The van der Waals surface area contributed by atoms with Gasteiger partial charge in [0.1, 0.15) is 11.1 Å². The maximum Gasteiger partial charge on any atom is 0.232 e. The molecule has 3 nitrogen and oxygen atoms in total. The smallest absolute Gasteiger partial charge is 0.232 e. The molecule has 1 aliphatic rings. The highest BCUT2D eigenvalue weighted by Crippen LogP contribution is 2.26. The van der Waals surface area contributed by atoms with Crippen molar-refractivity contribution in [2.75, 3.05) is 13.1 Å². The summed E-state index contributed by atoms with van der Waals surface area (Å²) >= 11 is 9.32. The summed E-state index contributed by atoms with van der Waals surface area (Å²) in [5.74, 6) is 0.522. The van der Waals surface area contributed by atoms with Crippen LogP contribution in [0.4, 0.5) is 0 Å². The van der Waals surface area contributed by atoms with Gasteiger partial charge in [-0.05, 0) is 41.4 Å². The van der Waals surface area contributed by atoms with Crippen LogP contribution in [0, 0.1) is 0 Å². The summed E-state index contributed by atoms with van der Waals surface area (Å²) in [7, 11) is 0. The van der Waals surface area contributed by atoms with Gasteiger partial charge in [-0.25, -0.2) is 4.98 Å². The molecule has 1 unspecified atom stereocenters. The molecule has 1 aliphatic heterocycles. The number of hydrogen-bond acceptors (Lipinski definition) is 3. The van der Waals surface area contributed by atoms with E-state index < -0.39 is 0 Å². The van der Waals surface area contributed by atoms with E-state index in [-0.39, 0.29) is 6.10 Å². The lowest BCUT2D eigenvalue weighted by Crippen LogP contribution is -2.37. The molecular formula is C10H12BrClN2O. The minimum Gasteiger partial charge on any atom is -0.472 e. The Morgan fingerprint density at radius 3 is 3.13 bits per heavy atom. The second kappa shape index (κ2) is 5.14. The fourth-order valence-electron chi connectivity index (χ4n) is 1.57. The highest BCUT2D eigenvalue weighted by molar-refractivity contribution is 9.10.